The van der Waals surface area contributed by atoms with E-state index in [1.54, 1.807) is 26.0 Å². The fourth-order valence-corrected chi connectivity index (χ4v) is 4.25. The summed E-state index contributed by atoms with van der Waals surface area (Å²) in [6.45, 7) is 5.52. The van der Waals surface area contributed by atoms with Crippen molar-refractivity contribution < 1.29 is 22.7 Å². The van der Waals surface area contributed by atoms with Crippen molar-refractivity contribution >= 4 is 24.0 Å². The minimum Gasteiger partial charge on any atom is -0.493 e. The zero-order valence-corrected chi connectivity index (χ0v) is 21.2. The van der Waals surface area contributed by atoms with Crippen LogP contribution in [0, 0.1) is 17.2 Å². The van der Waals surface area contributed by atoms with Gasteiger partial charge in [-0.1, -0.05) is 0 Å². The Morgan fingerprint density at radius 2 is 2.03 bits per heavy atom. The summed E-state index contributed by atoms with van der Waals surface area (Å²) in [6.07, 6.45) is -2.28. The molecule has 0 aliphatic carbocycles. The standard InChI is InChI=1S/C26H31F3N6O2/c1-31-21-14-20(33-22(15-30)25(21)32-2)18-5-6-23(19(13-18)26(27,28)29)37-12-9-17-7-10-35(11-8-17)16-24(36)34(3)4/h5-6,13-14,17H,2,7-12,16H2,1,3-4H3,(H,31,33). The lowest BCUT2D eigenvalue weighted by atomic mass is 9.94. The predicted octanol–water partition coefficient (Wildman–Crippen LogP) is 4.58. The summed E-state index contributed by atoms with van der Waals surface area (Å²) in [7, 11) is 5.06. The highest BCUT2D eigenvalue weighted by Gasteiger charge is 2.35. The molecule has 11 heteroatoms. The lowest BCUT2D eigenvalue weighted by molar-refractivity contribution is -0.139. The Hall–Kier alpha value is -3.65. The van der Waals surface area contributed by atoms with Crippen LogP contribution < -0.4 is 10.1 Å². The molecule has 1 aliphatic rings. The summed E-state index contributed by atoms with van der Waals surface area (Å²) in [5.74, 6) is 0.133. The number of anilines is 1. The van der Waals surface area contributed by atoms with Crippen molar-refractivity contribution in [3.63, 3.8) is 0 Å². The van der Waals surface area contributed by atoms with E-state index in [4.69, 9.17) is 4.74 Å². The minimum atomic E-state index is -4.64. The predicted molar refractivity (Wildman–Crippen MR) is 136 cm³/mol. The number of hydrogen-bond acceptors (Lipinski definition) is 7. The van der Waals surface area contributed by atoms with E-state index in [1.165, 1.54) is 18.2 Å². The van der Waals surface area contributed by atoms with Crippen LogP contribution >= 0.6 is 0 Å². The van der Waals surface area contributed by atoms with E-state index < -0.39 is 11.7 Å². The molecule has 1 aliphatic heterocycles. The second kappa shape index (κ2) is 12.1. The molecule has 1 N–H and O–H groups in total. The molecular formula is C26H31F3N6O2. The average Bonchev–Trinajstić information content (AvgIpc) is 2.88. The molecule has 1 saturated heterocycles. The van der Waals surface area contributed by atoms with E-state index in [1.807, 2.05) is 6.07 Å². The number of halogens is 3. The highest BCUT2D eigenvalue weighted by Crippen LogP contribution is 2.40. The molecule has 0 spiro atoms. The molecule has 1 fully saturated rings. The van der Waals surface area contributed by atoms with Crippen molar-refractivity contribution in [2.24, 2.45) is 10.9 Å². The van der Waals surface area contributed by atoms with Gasteiger partial charge < -0.3 is 15.0 Å². The topological polar surface area (TPSA) is 93.8 Å². The number of carbonyl (C=O) groups excluding carboxylic acids is 1. The number of benzene rings is 1. The first kappa shape index (κ1) is 27.9. The average molecular weight is 517 g/mol. The second-order valence-electron chi connectivity index (χ2n) is 9.13. The maximum atomic E-state index is 13.9. The van der Waals surface area contributed by atoms with E-state index in [-0.39, 0.29) is 40.9 Å². The molecule has 8 nitrogen and oxygen atoms in total. The Morgan fingerprint density at radius 1 is 1.32 bits per heavy atom. The number of carbonyl (C=O) groups is 1. The summed E-state index contributed by atoms with van der Waals surface area (Å²) in [5, 5.41) is 12.3. The third-order valence-corrected chi connectivity index (χ3v) is 6.46. The number of ether oxygens (including phenoxy) is 1. The maximum Gasteiger partial charge on any atom is 0.419 e. The molecule has 1 amide bonds. The fraction of sp³-hybridized carbons (Fsp3) is 0.462. The molecule has 0 saturated carbocycles. The lowest BCUT2D eigenvalue weighted by Crippen LogP contribution is -2.41. The Labute approximate surface area is 214 Å². The van der Waals surface area contributed by atoms with Crippen molar-refractivity contribution in [2.75, 3.05) is 52.7 Å². The zero-order chi connectivity index (χ0) is 27.2. The van der Waals surface area contributed by atoms with Gasteiger partial charge in [-0.3, -0.25) is 14.7 Å². The molecule has 0 atom stereocenters. The van der Waals surface area contributed by atoms with Gasteiger partial charge in [0.05, 0.1) is 30.1 Å². The van der Waals surface area contributed by atoms with Gasteiger partial charge in [0.25, 0.3) is 0 Å². The number of nitrogens with one attached hydrogen (secondary N) is 1. The van der Waals surface area contributed by atoms with Gasteiger partial charge in [-0.15, -0.1) is 0 Å². The number of pyridine rings is 1. The Balaban J connectivity index is 1.70. The third-order valence-electron chi connectivity index (χ3n) is 6.46. The van der Waals surface area contributed by atoms with Gasteiger partial charge in [0.15, 0.2) is 5.69 Å². The Bertz CT molecular complexity index is 1170. The van der Waals surface area contributed by atoms with Gasteiger partial charge >= 0.3 is 6.18 Å². The van der Waals surface area contributed by atoms with Crippen LogP contribution in [0.15, 0.2) is 29.3 Å². The highest BCUT2D eigenvalue weighted by molar-refractivity contribution is 5.78. The lowest BCUT2D eigenvalue weighted by Gasteiger charge is -2.32. The molecule has 2 aromatic rings. The van der Waals surface area contributed by atoms with Crippen LogP contribution in [0.5, 0.6) is 5.75 Å². The van der Waals surface area contributed by atoms with Crippen LogP contribution in [0.2, 0.25) is 0 Å². The van der Waals surface area contributed by atoms with E-state index in [0.29, 0.717) is 24.6 Å². The number of aromatic nitrogens is 1. The van der Waals surface area contributed by atoms with Crippen molar-refractivity contribution in [2.45, 2.75) is 25.4 Å². The molecule has 198 valence electrons. The summed E-state index contributed by atoms with van der Waals surface area (Å²) in [6, 6.07) is 7.21. The third kappa shape index (κ3) is 6.98. The van der Waals surface area contributed by atoms with Gasteiger partial charge in [0, 0.05) is 26.7 Å². The van der Waals surface area contributed by atoms with Crippen molar-refractivity contribution in [3.8, 4) is 23.1 Å². The monoisotopic (exact) mass is 516 g/mol. The van der Waals surface area contributed by atoms with Crippen LogP contribution in [-0.2, 0) is 11.0 Å². The zero-order valence-electron chi connectivity index (χ0n) is 21.2. The van der Waals surface area contributed by atoms with E-state index in [9.17, 15) is 23.2 Å². The molecule has 0 bridgehead atoms. The maximum absolute atomic E-state index is 13.9. The van der Waals surface area contributed by atoms with Crippen molar-refractivity contribution in [3.05, 3.63) is 35.5 Å². The van der Waals surface area contributed by atoms with Gasteiger partial charge in [-0.05, 0) is 69.3 Å². The number of nitriles is 1. The van der Waals surface area contributed by atoms with Gasteiger partial charge in [0.1, 0.15) is 17.5 Å². The molecule has 1 aromatic heterocycles. The summed E-state index contributed by atoms with van der Waals surface area (Å²) < 4.78 is 47.3. The van der Waals surface area contributed by atoms with Crippen LogP contribution in [0.4, 0.5) is 24.5 Å². The van der Waals surface area contributed by atoms with Crippen molar-refractivity contribution in [1.29, 1.82) is 5.26 Å². The number of likely N-dealkylation sites (N-methyl/N-ethyl adjacent to an activating group) is 1. The number of hydrogen-bond donors (Lipinski definition) is 1. The van der Waals surface area contributed by atoms with Gasteiger partial charge in [-0.25, -0.2) is 4.98 Å². The van der Waals surface area contributed by atoms with Gasteiger partial charge in [-0.2, -0.15) is 18.4 Å². The molecule has 2 heterocycles. The number of likely N-dealkylation sites (tertiary alicyclic amines) is 1. The minimum absolute atomic E-state index is 0.0390. The smallest absolute Gasteiger partial charge is 0.419 e. The SMILES string of the molecule is C=Nc1c(NC)cc(-c2ccc(OCCC3CCN(CC(=O)N(C)C)CC3)c(C(F)(F)F)c2)nc1C#N. The number of rotatable bonds is 9. The summed E-state index contributed by atoms with van der Waals surface area (Å²) >= 11 is 0. The van der Waals surface area contributed by atoms with Gasteiger partial charge in [0.2, 0.25) is 5.91 Å². The first-order valence-electron chi connectivity index (χ1n) is 11.9. The summed E-state index contributed by atoms with van der Waals surface area (Å²) in [5.41, 5.74) is 0.123. The summed E-state index contributed by atoms with van der Waals surface area (Å²) in [4.78, 5) is 23.5. The van der Waals surface area contributed by atoms with E-state index >= 15 is 0 Å². The first-order valence-corrected chi connectivity index (χ1v) is 11.9. The van der Waals surface area contributed by atoms with Crippen LogP contribution in [-0.4, -0.2) is 74.8 Å². The van der Waals surface area contributed by atoms with Crippen LogP contribution in [0.3, 0.4) is 0 Å². The first-order chi connectivity index (χ1) is 17.6. The largest absolute Gasteiger partial charge is 0.493 e. The second-order valence-corrected chi connectivity index (χ2v) is 9.13. The molecular weight excluding hydrogens is 485 g/mol. The fourth-order valence-electron chi connectivity index (χ4n) is 4.25. The van der Waals surface area contributed by atoms with Crippen molar-refractivity contribution in [1.82, 2.24) is 14.8 Å². The normalized spacial score (nSPS) is 14.6. The van der Waals surface area contributed by atoms with Crippen LogP contribution in [0.25, 0.3) is 11.3 Å². The number of alkyl halides is 3. The molecule has 0 radical (unpaired) electrons. The molecule has 3 rings (SSSR count). The number of piperidine rings is 1. The molecule has 1 aromatic carbocycles. The number of amides is 1. The molecule has 0 unspecified atom stereocenters. The number of nitrogens with zero attached hydrogens (tertiary/aromatic N) is 5. The highest BCUT2D eigenvalue weighted by atomic mass is 19.4. The van der Waals surface area contributed by atoms with E-state index in [0.717, 1.165) is 32.0 Å². The Kier molecular flexibility index (Phi) is 9.10. The quantitative estimate of drug-likeness (QED) is 0.491. The molecule has 37 heavy (non-hydrogen) atoms. The Morgan fingerprint density at radius 3 is 2.59 bits per heavy atom. The van der Waals surface area contributed by atoms with Crippen LogP contribution in [0.1, 0.15) is 30.5 Å². The van der Waals surface area contributed by atoms with E-state index in [2.05, 4.69) is 26.9 Å². The number of aliphatic imine (C=N–C) groups is 1.